The second-order valence-electron chi connectivity index (χ2n) is 5.08. The first kappa shape index (κ1) is 15.5. The molecule has 5 heteroatoms. The maximum absolute atomic E-state index is 12.2. The van der Waals surface area contributed by atoms with Crippen LogP contribution in [0.3, 0.4) is 0 Å². The summed E-state index contributed by atoms with van der Waals surface area (Å²) >= 11 is 1.73. The van der Waals surface area contributed by atoms with Crippen molar-refractivity contribution in [3.63, 3.8) is 0 Å². The number of hydrogen-bond donors (Lipinski definition) is 1. The molecule has 0 saturated heterocycles. The van der Waals surface area contributed by atoms with Gasteiger partial charge in [-0.15, -0.1) is 0 Å². The number of ketones is 1. The molecule has 1 aromatic carbocycles. The molecule has 4 nitrogen and oxygen atoms in total. The number of allylic oxidation sites excluding steroid dienone is 1. The number of aromatic nitrogens is 1. The van der Waals surface area contributed by atoms with Crippen molar-refractivity contribution in [3.05, 3.63) is 66.0 Å². The Bertz CT molecular complexity index is 724. The Morgan fingerprint density at radius 1 is 1.22 bits per heavy atom. The second kappa shape index (κ2) is 7.74. The zero-order chi connectivity index (χ0) is 15.9. The van der Waals surface area contributed by atoms with E-state index in [4.69, 9.17) is 0 Å². The number of anilines is 1. The van der Waals surface area contributed by atoms with Gasteiger partial charge >= 0.3 is 0 Å². The van der Waals surface area contributed by atoms with Crippen molar-refractivity contribution in [1.82, 2.24) is 4.98 Å². The molecule has 1 aliphatic heterocycles. The van der Waals surface area contributed by atoms with Gasteiger partial charge in [0.25, 0.3) is 0 Å². The largest absolute Gasteiger partial charge is 0.335 e. The Kier molecular flexibility index (Phi) is 5.21. The lowest BCUT2D eigenvalue weighted by Gasteiger charge is -2.13. The molecule has 0 aliphatic carbocycles. The summed E-state index contributed by atoms with van der Waals surface area (Å²) in [5.41, 5.74) is 2.52. The number of hydrogen-bond acceptors (Lipinski definition) is 5. The Hall–Kier alpha value is -2.40. The Labute approximate surface area is 139 Å². The van der Waals surface area contributed by atoms with E-state index < -0.39 is 0 Å². The van der Waals surface area contributed by atoms with Crippen LogP contribution in [0.2, 0.25) is 0 Å². The Morgan fingerprint density at radius 3 is 2.78 bits per heavy atom. The highest BCUT2D eigenvalue weighted by Crippen LogP contribution is 2.17. The van der Waals surface area contributed by atoms with Gasteiger partial charge in [0.05, 0.1) is 0 Å². The predicted octanol–water partition coefficient (Wildman–Crippen LogP) is 3.88. The van der Waals surface area contributed by atoms with Crippen LogP contribution < -0.4 is 5.32 Å². The highest BCUT2D eigenvalue weighted by Gasteiger charge is 2.07. The normalized spacial score (nSPS) is 14.5. The van der Waals surface area contributed by atoms with Crippen LogP contribution in [0.4, 0.5) is 5.69 Å². The first-order valence-electron chi connectivity index (χ1n) is 7.48. The van der Waals surface area contributed by atoms with Crippen LogP contribution in [0.1, 0.15) is 22.3 Å². The van der Waals surface area contributed by atoms with Crippen LogP contribution in [0.5, 0.6) is 0 Å². The molecule has 0 spiro atoms. The van der Waals surface area contributed by atoms with Crippen LogP contribution in [-0.4, -0.2) is 28.2 Å². The molecule has 1 aromatic heterocycles. The number of aliphatic imine (C=N–C) groups is 1. The molecule has 0 saturated carbocycles. The van der Waals surface area contributed by atoms with Gasteiger partial charge in [0.1, 0.15) is 0 Å². The average Bonchev–Trinajstić information content (AvgIpc) is 2.62. The zero-order valence-electron chi connectivity index (χ0n) is 12.6. The third-order valence-corrected chi connectivity index (χ3v) is 4.33. The fourth-order valence-electron chi connectivity index (χ4n) is 2.12. The van der Waals surface area contributed by atoms with Crippen molar-refractivity contribution in [2.45, 2.75) is 6.42 Å². The van der Waals surface area contributed by atoms with E-state index in [-0.39, 0.29) is 5.78 Å². The van der Waals surface area contributed by atoms with Crippen LogP contribution in [0.25, 0.3) is 6.08 Å². The number of amidine groups is 1. The lowest BCUT2D eigenvalue weighted by atomic mass is 10.1. The van der Waals surface area contributed by atoms with Gasteiger partial charge in [-0.25, -0.2) is 0 Å². The molecule has 0 amide bonds. The third-order valence-electron chi connectivity index (χ3n) is 3.33. The molecular formula is C18H17N3OS. The molecule has 0 unspecified atom stereocenters. The minimum atomic E-state index is -0.0233. The summed E-state index contributed by atoms with van der Waals surface area (Å²) in [7, 11) is 0. The summed E-state index contributed by atoms with van der Waals surface area (Å²) in [4.78, 5) is 20.6. The molecule has 0 fully saturated rings. The van der Waals surface area contributed by atoms with E-state index in [1.807, 2.05) is 36.4 Å². The van der Waals surface area contributed by atoms with Gasteiger partial charge in [0.2, 0.25) is 0 Å². The maximum atomic E-state index is 12.2. The first-order chi connectivity index (χ1) is 11.3. The van der Waals surface area contributed by atoms with Crippen molar-refractivity contribution >= 4 is 34.5 Å². The Balaban J connectivity index is 1.63. The quantitative estimate of drug-likeness (QED) is 0.685. The molecule has 2 heterocycles. The van der Waals surface area contributed by atoms with E-state index in [2.05, 4.69) is 15.3 Å². The summed E-state index contributed by atoms with van der Waals surface area (Å²) in [5, 5.41) is 4.23. The smallest absolute Gasteiger partial charge is 0.185 e. The minimum Gasteiger partial charge on any atom is -0.335 e. The van der Waals surface area contributed by atoms with E-state index in [9.17, 15) is 4.79 Å². The third kappa shape index (κ3) is 4.53. The van der Waals surface area contributed by atoms with Gasteiger partial charge < -0.3 is 5.32 Å². The van der Waals surface area contributed by atoms with Crippen LogP contribution in [0.15, 0.2) is 59.9 Å². The molecule has 0 atom stereocenters. The summed E-state index contributed by atoms with van der Waals surface area (Å²) < 4.78 is 0. The molecule has 1 N–H and O–H groups in total. The summed E-state index contributed by atoms with van der Waals surface area (Å²) in [6.45, 7) is 0.880. The standard InChI is InChI=1S/C18H17N3OS/c22-17(9-4-14-3-1-10-19-13-14)15-5-7-16(8-6-15)21-18-20-11-2-12-23-18/h1,3-10,13H,2,11-12H2,(H,20,21). The van der Waals surface area contributed by atoms with E-state index in [0.29, 0.717) is 5.56 Å². The predicted molar refractivity (Wildman–Crippen MR) is 97.0 cm³/mol. The highest BCUT2D eigenvalue weighted by atomic mass is 32.2. The molecule has 0 bridgehead atoms. The van der Waals surface area contributed by atoms with E-state index in [1.165, 1.54) is 0 Å². The number of rotatable bonds is 4. The average molecular weight is 323 g/mol. The molecule has 0 radical (unpaired) electrons. The second-order valence-corrected chi connectivity index (χ2v) is 6.16. The van der Waals surface area contributed by atoms with Crippen molar-refractivity contribution in [2.24, 2.45) is 4.99 Å². The lowest BCUT2D eigenvalue weighted by molar-refractivity contribution is 0.104. The summed E-state index contributed by atoms with van der Waals surface area (Å²) in [6, 6.07) is 11.2. The number of pyridine rings is 1. The fourth-order valence-corrected chi connectivity index (χ4v) is 2.96. The molecule has 116 valence electrons. The number of thioether (sulfide) groups is 1. The summed E-state index contributed by atoms with van der Waals surface area (Å²) in [6.07, 6.45) is 7.90. The fraction of sp³-hybridized carbons (Fsp3) is 0.167. The lowest BCUT2D eigenvalue weighted by Crippen LogP contribution is -2.13. The Morgan fingerprint density at radius 2 is 2.09 bits per heavy atom. The van der Waals surface area contributed by atoms with Gasteiger partial charge in [-0.3, -0.25) is 14.8 Å². The monoisotopic (exact) mass is 323 g/mol. The van der Waals surface area contributed by atoms with Gasteiger partial charge in [-0.1, -0.05) is 17.8 Å². The molecule has 2 aromatic rings. The number of carbonyl (C=O) groups excluding carboxylic acids is 1. The van der Waals surface area contributed by atoms with Crippen LogP contribution >= 0.6 is 11.8 Å². The maximum Gasteiger partial charge on any atom is 0.185 e. The van der Waals surface area contributed by atoms with Crippen molar-refractivity contribution < 1.29 is 4.79 Å². The van der Waals surface area contributed by atoms with Crippen molar-refractivity contribution in [1.29, 1.82) is 0 Å². The van der Waals surface area contributed by atoms with Crippen LogP contribution in [-0.2, 0) is 0 Å². The van der Waals surface area contributed by atoms with Crippen molar-refractivity contribution in [3.8, 4) is 0 Å². The van der Waals surface area contributed by atoms with Crippen molar-refractivity contribution in [2.75, 3.05) is 17.6 Å². The molecule has 3 rings (SSSR count). The number of carbonyl (C=O) groups is 1. The van der Waals surface area contributed by atoms with Gasteiger partial charge in [0, 0.05) is 35.9 Å². The highest BCUT2D eigenvalue weighted by molar-refractivity contribution is 8.14. The van der Waals surface area contributed by atoms with E-state index >= 15 is 0 Å². The first-order valence-corrected chi connectivity index (χ1v) is 8.46. The van der Waals surface area contributed by atoms with E-state index in [1.54, 1.807) is 36.3 Å². The number of nitrogens with one attached hydrogen (secondary N) is 1. The van der Waals surface area contributed by atoms with E-state index in [0.717, 1.165) is 35.1 Å². The number of nitrogens with zero attached hydrogens (tertiary/aromatic N) is 2. The minimum absolute atomic E-state index is 0.0233. The van der Waals surface area contributed by atoms with Gasteiger partial charge in [-0.05, 0) is 54.5 Å². The van der Waals surface area contributed by atoms with Gasteiger partial charge in [0.15, 0.2) is 11.0 Å². The van der Waals surface area contributed by atoms with Crippen LogP contribution in [0, 0.1) is 0 Å². The zero-order valence-corrected chi connectivity index (χ0v) is 13.4. The molecule has 1 aliphatic rings. The number of benzene rings is 1. The SMILES string of the molecule is O=C(C=Cc1cccnc1)c1ccc(NC2=NCCCS2)cc1. The van der Waals surface area contributed by atoms with Gasteiger partial charge in [-0.2, -0.15) is 0 Å². The molecule has 23 heavy (non-hydrogen) atoms. The molecular weight excluding hydrogens is 306 g/mol. The topological polar surface area (TPSA) is 54.4 Å². The summed E-state index contributed by atoms with van der Waals surface area (Å²) in [5.74, 6) is 1.08.